The van der Waals surface area contributed by atoms with Gasteiger partial charge in [0, 0.05) is 11.8 Å². The average molecular weight is 218 g/mol. The van der Waals surface area contributed by atoms with Gasteiger partial charge < -0.3 is 5.32 Å². The number of aromatic nitrogens is 1. The van der Waals surface area contributed by atoms with Crippen LogP contribution in [-0.2, 0) is 4.79 Å². The highest BCUT2D eigenvalue weighted by molar-refractivity contribution is 7.13. The minimum atomic E-state index is -2.81. The van der Waals surface area contributed by atoms with E-state index < -0.39 is 17.7 Å². The first-order valence-corrected chi connectivity index (χ1v) is 4.98. The minimum absolute atomic E-state index is 0.344. The summed E-state index contributed by atoms with van der Waals surface area (Å²) in [4.78, 5) is 15.1. The molecule has 1 atom stereocenters. The normalized spacial score (nSPS) is 23.2. The smallest absolute Gasteiger partial charge is 0.260 e. The summed E-state index contributed by atoms with van der Waals surface area (Å²) in [5.74, 6) is -4.60. The van der Waals surface area contributed by atoms with E-state index in [9.17, 15) is 13.6 Å². The van der Waals surface area contributed by atoms with Gasteiger partial charge in [-0.15, -0.1) is 11.3 Å². The van der Waals surface area contributed by atoms with Gasteiger partial charge in [-0.2, -0.15) is 0 Å². The first kappa shape index (κ1) is 9.51. The number of halogens is 2. The Kier molecular flexibility index (Phi) is 2.02. The molecule has 1 unspecified atom stereocenters. The molecule has 0 bridgehead atoms. The fraction of sp³-hybridized carbons (Fsp3) is 0.500. The Bertz CT molecular complexity index is 377. The van der Waals surface area contributed by atoms with E-state index in [1.807, 2.05) is 0 Å². The summed E-state index contributed by atoms with van der Waals surface area (Å²) in [7, 11) is 0. The molecule has 6 heteroatoms. The van der Waals surface area contributed by atoms with Crippen molar-refractivity contribution in [2.24, 2.45) is 5.92 Å². The standard InChI is InChI=1S/C8H8F2N2OS/c1-4-3-14-7(11-4)12-6(13)5-2-8(5,9)10/h3,5H,2H2,1H3,(H,11,12,13). The SMILES string of the molecule is Cc1csc(NC(=O)C2CC2(F)F)n1. The molecule has 3 nitrogen and oxygen atoms in total. The molecule has 1 heterocycles. The van der Waals surface area contributed by atoms with Crippen LogP contribution in [0.5, 0.6) is 0 Å². The summed E-state index contributed by atoms with van der Waals surface area (Å²) in [5.41, 5.74) is 0.771. The Morgan fingerprint density at radius 3 is 2.86 bits per heavy atom. The van der Waals surface area contributed by atoms with Crippen molar-refractivity contribution in [3.63, 3.8) is 0 Å². The number of anilines is 1. The van der Waals surface area contributed by atoms with E-state index in [0.29, 0.717) is 5.13 Å². The first-order valence-electron chi connectivity index (χ1n) is 4.10. The van der Waals surface area contributed by atoms with Crippen molar-refractivity contribution in [2.75, 3.05) is 5.32 Å². The second-order valence-corrected chi connectivity index (χ2v) is 4.16. The second kappa shape index (κ2) is 2.98. The highest BCUT2D eigenvalue weighted by Gasteiger charge is 2.61. The first-order chi connectivity index (χ1) is 6.49. The van der Waals surface area contributed by atoms with Crippen molar-refractivity contribution in [2.45, 2.75) is 19.3 Å². The molecule has 1 aliphatic rings. The van der Waals surface area contributed by atoms with Gasteiger partial charge in [0.2, 0.25) is 5.91 Å². The molecule has 0 radical (unpaired) electrons. The summed E-state index contributed by atoms with van der Waals surface area (Å²) in [6.07, 6.45) is -0.344. The molecular weight excluding hydrogens is 210 g/mol. The number of carbonyl (C=O) groups is 1. The molecule has 1 fully saturated rings. The number of aryl methyl sites for hydroxylation is 1. The summed E-state index contributed by atoms with van der Waals surface area (Å²) in [6.45, 7) is 1.78. The molecule has 1 saturated carbocycles. The van der Waals surface area contributed by atoms with Gasteiger partial charge in [0.05, 0.1) is 5.69 Å². The molecule has 76 valence electrons. The third kappa shape index (κ3) is 1.75. The Hall–Kier alpha value is -1.04. The molecule has 0 aliphatic heterocycles. The lowest BCUT2D eigenvalue weighted by Crippen LogP contribution is -2.17. The molecule has 0 spiro atoms. The van der Waals surface area contributed by atoms with Gasteiger partial charge in [-0.1, -0.05) is 0 Å². The van der Waals surface area contributed by atoms with E-state index in [1.54, 1.807) is 12.3 Å². The van der Waals surface area contributed by atoms with Gasteiger partial charge in [-0.25, -0.2) is 13.8 Å². The number of hydrogen-bond donors (Lipinski definition) is 1. The van der Waals surface area contributed by atoms with Gasteiger partial charge >= 0.3 is 0 Å². The number of nitrogens with zero attached hydrogens (tertiary/aromatic N) is 1. The molecule has 1 aromatic heterocycles. The number of nitrogens with one attached hydrogen (secondary N) is 1. The summed E-state index contributed by atoms with van der Waals surface area (Å²) < 4.78 is 25.0. The zero-order valence-corrected chi connectivity index (χ0v) is 8.20. The van der Waals surface area contributed by atoms with Crippen LogP contribution in [-0.4, -0.2) is 16.8 Å². The Labute approximate surface area is 83.2 Å². The van der Waals surface area contributed by atoms with Gasteiger partial charge in [-0.05, 0) is 6.92 Å². The van der Waals surface area contributed by atoms with Crippen LogP contribution in [0.2, 0.25) is 0 Å². The lowest BCUT2D eigenvalue weighted by Gasteiger charge is -1.98. The van der Waals surface area contributed by atoms with E-state index in [2.05, 4.69) is 10.3 Å². The third-order valence-electron chi connectivity index (χ3n) is 1.99. The van der Waals surface area contributed by atoms with E-state index in [0.717, 1.165) is 5.69 Å². The quantitative estimate of drug-likeness (QED) is 0.825. The molecule has 0 saturated heterocycles. The van der Waals surface area contributed by atoms with Crippen molar-refractivity contribution < 1.29 is 13.6 Å². The maximum Gasteiger partial charge on any atom is 0.260 e. The van der Waals surface area contributed by atoms with E-state index in [4.69, 9.17) is 0 Å². The molecule has 2 rings (SSSR count). The summed E-state index contributed by atoms with van der Waals surface area (Å²) in [5, 5.41) is 4.50. The number of rotatable bonds is 2. The van der Waals surface area contributed by atoms with E-state index in [1.165, 1.54) is 11.3 Å². The van der Waals surface area contributed by atoms with Crippen LogP contribution in [0.3, 0.4) is 0 Å². The minimum Gasteiger partial charge on any atom is -0.302 e. The summed E-state index contributed by atoms with van der Waals surface area (Å²) >= 11 is 1.24. The molecule has 0 aromatic carbocycles. The van der Waals surface area contributed by atoms with Crippen molar-refractivity contribution in [1.82, 2.24) is 4.98 Å². The highest BCUT2D eigenvalue weighted by Crippen LogP contribution is 2.49. The van der Waals surface area contributed by atoms with Gasteiger partial charge in [0.25, 0.3) is 5.92 Å². The topological polar surface area (TPSA) is 42.0 Å². The van der Waals surface area contributed by atoms with Crippen LogP contribution in [0, 0.1) is 12.8 Å². The summed E-state index contributed by atoms with van der Waals surface area (Å²) in [6, 6.07) is 0. The van der Waals surface area contributed by atoms with Crippen LogP contribution in [0.4, 0.5) is 13.9 Å². The third-order valence-corrected chi connectivity index (χ3v) is 2.87. The lowest BCUT2D eigenvalue weighted by molar-refractivity contribution is -0.119. The molecule has 1 N–H and O–H groups in total. The van der Waals surface area contributed by atoms with Gasteiger partial charge in [0.15, 0.2) is 5.13 Å². The number of carbonyl (C=O) groups excluding carboxylic acids is 1. The zero-order valence-electron chi connectivity index (χ0n) is 7.38. The van der Waals surface area contributed by atoms with Crippen molar-refractivity contribution in [3.8, 4) is 0 Å². The largest absolute Gasteiger partial charge is 0.302 e. The fourth-order valence-electron chi connectivity index (χ4n) is 1.10. The van der Waals surface area contributed by atoms with Crippen molar-refractivity contribution in [1.29, 1.82) is 0 Å². The van der Waals surface area contributed by atoms with Gasteiger partial charge in [0.1, 0.15) is 5.92 Å². The lowest BCUT2D eigenvalue weighted by atomic mass is 10.4. The second-order valence-electron chi connectivity index (χ2n) is 3.30. The Morgan fingerprint density at radius 1 is 1.79 bits per heavy atom. The monoisotopic (exact) mass is 218 g/mol. The Balaban J connectivity index is 1.96. The van der Waals surface area contributed by atoms with Gasteiger partial charge in [-0.3, -0.25) is 4.79 Å². The Morgan fingerprint density at radius 2 is 2.43 bits per heavy atom. The van der Waals surface area contributed by atoms with Crippen LogP contribution < -0.4 is 5.32 Å². The average Bonchev–Trinajstić information content (AvgIpc) is 2.51. The van der Waals surface area contributed by atoms with Crippen LogP contribution in [0.1, 0.15) is 12.1 Å². The molecule has 1 aliphatic carbocycles. The zero-order chi connectivity index (χ0) is 10.3. The maximum absolute atomic E-state index is 12.5. The molecule has 1 aromatic rings. The van der Waals surface area contributed by atoms with Crippen molar-refractivity contribution in [3.05, 3.63) is 11.1 Å². The molecular formula is C8H8F2N2OS. The number of hydrogen-bond acceptors (Lipinski definition) is 3. The predicted octanol–water partition coefficient (Wildman–Crippen LogP) is 2.05. The highest BCUT2D eigenvalue weighted by atomic mass is 32.1. The maximum atomic E-state index is 12.5. The number of thiazole rings is 1. The van der Waals surface area contributed by atoms with Crippen molar-refractivity contribution >= 4 is 22.4 Å². The molecule has 14 heavy (non-hydrogen) atoms. The van der Waals surface area contributed by atoms with E-state index in [-0.39, 0.29) is 6.42 Å². The van der Waals surface area contributed by atoms with Crippen LogP contribution >= 0.6 is 11.3 Å². The number of alkyl halides is 2. The predicted molar refractivity (Wildman–Crippen MR) is 48.5 cm³/mol. The molecule has 1 amide bonds. The van der Waals surface area contributed by atoms with E-state index >= 15 is 0 Å². The fourth-order valence-corrected chi connectivity index (χ4v) is 1.79. The van der Waals surface area contributed by atoms with Crippen LogP contribution in [0.15, 0.2) is 5.38 Å². The van der Waals surface area contributed by atoms with Crippen LogP contribution in [0.25, 0.3) is 0 Å². The number of amides is 1.